The molecule has 2 amide bonds. The molecule has 0 spiro atoms. The quantitative estimate of drug-likeness (QED) is 0.755. The molecular formula is C19H25N3O4. The summed E-state index contributed by atoms with van der Waals surface area (Å²) in [5.74, 6) is 0.362. The lowest BCUT2D eigenvalue weighted by atomic mass is 10.0. The number of benzene rings is 1. The number of amides is 2. The lowest BCUT2D eigenvalue weighted by Gasteiger charge is -2.32. The molecule has 1 atom stereocenters. The molecule has 0 N–H and O–H groups in total. The Labute approximate surface area is 153 Å². The van der Waals surface area contributed by atoms with Crippen LogP contribution in [0.3, 0.4) is 0 Å². The molecular weight excluding hydrogens is 334 g/mol. The van der Waals surface area contributed by atoms with Crippen LogP contribution in [0.2, 0.25) is 0 Å². The van der Waals surface area contributed by atoms with Crippen LogP contribution in [0.5, 0.6) is 5.75 Å². The summed E-state index contributed by atoms with van der Waals surface area (Å²) in [6.45, 7) is 4.85. The van der Waals surface area contributed by atoms with Crippen LogP contribution in [-0.2, 0) is 9.59 Å². The highest BCUT2D eigenvalue weighted by Crippen LogP contribution is 2.34. The number of Topliss-reactive ketones (excluding diaryl/α,β-unsaturated/α-hetero) is 1. The van der Waals surface area contributed by atoms with Crippen molar-refractivity contribution in [2.24, 2.45) is 0 Å². The van der Waals surface area contributed by atoms with E-state index in [0.717, 1.165) is 13.1 Å². The second-order valence-electron chi connectivity index (χ2n) is 6.95. The van der Waals surface area contributed by atoms with Gasteiger partial charge in [0.1, 0.15) is 5.75 Å². The number of anilines is 1. The first kappa shape index (κ1) is 18.4. The Bertz CT molecular complexity index is 725. The average molecular weight is 359 g/mol. The van der Waals surface area contributed by atoms with E-state index in [4.69, 9.17) is 4.74 Å². The number of piperazine rings is 1. The Balaban J connectivity index is 1.62. The Hall–Kier alpha value is -2.41. The number of carbonyl (C=O) groups excluding carboxylic acids is 3. The molecule has 1 saturated heterocycles. The summed E-state index contributed by atoms with van der Waals surface area (Å²) >= 11 is 0. The summed E-state index contributed by atoms with van der Waals surface area (Å²) in [6, 6.07) is 5.07. The largest absolute Gasteiger partial charge is 0.479 e. The Morgan fingerprint density at radius 1 is 1.12 bits per heavy atom. The highest BCUT2D eigenvalue weighted by atomic mass is 16.5. The van der Waals surface area contributed by atoms with Crippen LogP contribution in [0.1, 0.15) is 30.1 Å². The molecule has 0 bridgehead atoms. The minimum atomic E-state index is -0.532. The number of hydrogen-bond acceptors (Lipinski definition) is 5. The number of nitrogens with zero attached hydrogens (tertiary/aromatic N) is 3. The zero-order valence-corrected chi connectivity index (χ0v) is 15.5. The summed E-state index contributed by atoms with van der Waals surface area (Å²) in [4.78, 5) is 42.3. The van der Waals surface area contributed by atoms with E-state index in [9.17, 15) is 14.4 Å². The highest BCUT2D eigenvalue weighted by molar-refractivity contribution is 6.03. The molecule has 26 heavy (non-hydrogen) atoms. The zero-order chi connectivity index (χ0) is 18.8. The second-order valence-corrected chi connectivity index (χ2v) is 6.95. The Kier molecular flexibility index (Phi) is 5.27. The molecule has 2 aliphatic heterocycles. The summed E-state index contributed by atoms with van der Waals surface area (Å²) in [6.07, 6.45) is -0.156. The molecule has 2 aliphatic rings. The number of ether oxygens (including phenoxy) is 1. The maximum Gasteiger partial charge on any atom is 0.267 e. The van der Waals surface area contributed by atoms with Gasteiger partial charge < -0.3 is 19.4 Å². The van der Waals surface area contributed by atoms with Gasteiger partial charge in [-0.25, -0.2) is 0 Å². The van der Waals surface area contributed by atoms with Crippen LogP contribution in [0.15, 0.2) is 18.2 Å². The number of fused-ring (bicyclic) bond motifs is 1. The van der Waals surface area contributed by atoms with E-state index in [-0.39, 0.29) is 30.4 Å². The van der Waals surface area contributed by atoms with Crippen molar-refractivity contribution in [1.29, 1.82) is 0 Å². The lowest BCUT2D eigenvalue weighted by molar-refractivity contribution is -0.132. The van der Waals surface area contributed by atoms with Crippen molar-refractivity contribution >= 4 is 23.3 Å². The summed E-state index contributed by atoms with van der Waals surface area (Å²) in [5, 5.41) is 0. The fourth-order valence-electron chi connectivity index (χ4n) is 3.26. The van der Waals surface area contributed by atoms with E-state index in [2.05, 4.69) is 4.90 Å². The number of likely N-dealkylation sites (N-methyl/N-ethyl adjacent to an activating group) is 2. The number of hydrogen-bond donors (Lipinski definition) is 0. The van der Waals surface area contributed by atoms with Crippen LogP contribution in [0, 0.1) is 0 Å². The monoisotopic (exact) mass is 359 g/mol. The molecule has 0 radical (unpaired) electrons. The van der Waals surface area contributed by atoms with E-state index >= 15 is 0 Å². The normalized spacial score (nSPS) is 20.6. The van der Waals surface area contributed by atoms with Crippen LogP contribution in [0.25, 0.3) is 0 Å². The third-order valence-electron chi connectivity index (χ3n) is 5.05. The van der Waals surface area contributed by atoms with Crippen molar-refractivity contribution in [3.05, 3.63) is 23.8 Å². The minimum absolute atomic E-state index is 0.0221. The third kappa shape index (κ3) is 3.72. The van der Waals surface area contributed by atoms with Gasteiger partial charge in [-0.2, -0.15) is 0 Å². The van der Waals surface area contributed by atoms with Gasteiger partial charge in [-0.05, 0) is 32.2 Å². The first-order chi connectivity index (χ1) is 12.4. The van der Waals surface area contributed by atoms with Crippen molar-refractivity contribution < 1.29 is 19.1 Å². The maximum absolute atomic E-state index is 12.5. The topological polar surface area (TPSA) is 70.2 Å². The van der Waals surface area contributed by atoms with Gasteiger partial charge in [0, 0.05) is 51.6 Å². The lowest BCUT2D eigenvalue weighted by Crippen LogP contribution is -2.47. The van der Waals surface area contributed by atoms with Crippen molar-refractivity contribution in [1.82, 2.24) is 9.80 Å². The molecule has 2 heterocycles. The SMILES string of the molecule is CC1Oc2ccc(C(=O)CCC(=O)N3CCN(C)CC3)cc2N(C)C1=O. The molecule has 3 rings (SSSR count). The Morgan fingerprint density at radius 3 is 2.50 bits per heavy atom. The molecule has 140 valence electrons. The molecule has 0 aromatic heterocycles. The number of rotatable bonds is 4. The van der Waals surface area contributed by atoms with E-state index in [1.807, 2.05) is 11.9 Å². The highest BCUT2D eigenvalue weighted by Gasteiger charge is 2.29. The van der Waals surface area contributed by atoms with Crippen LogP contribution in [-0.4, -0.2) is 73.8 Å². The predicted molar refractivity (Wildman–Crippen MR) is 97.6 cm³/mol. The van der Waals surface area contributed by atoms with Gasteiger partial charge in [-0.15, -0.1) is 0 Å². The van der Waals surface area contributed by atoms with E-state index < -0.39 is 6.10 Å². The van der Waals surface area contributed by atoms with Crippen LogP contribution in [0.4, 0.5) is 5.69 Å². The maximum atomic E-state index is 12.5. The standard InChI is InChI=1S/C19H25N3O4/c1-13-19(25)21(3)15-12-14(4-6-17(15)26-13)16(23)5-7-18(24)22-10-8-20(2)9-11-22/h4,6,12-13H,5,7-11H2,1-3H3. The molecule has 1 aromatic rings. The fraction of sp³-hybridized carbons (Fsp3) is 0.526. The first-order valence-electron chi connectivity index (χ1n) is 8.94. The molecule has 0 saturated carbocycles. The number of carbonyl (C=O) groups is 3. The van der Waals surface area contributed by atoms with E-state index in [1.165, 1.54) is 4.90 Å². The van der Waals surface area contributed by atoms with Gasteiger partial charge >= 0.3 is 0 Å². The predicted octanol–water partition coefficient (Wildman–Crippen LogP) is 1.17. The van der Waals surface area contributed by atoms with Gasteiger partial charge in [0.25, 0.3) is 5.91 Å². The summed E-state index contributed by atoms with van der Waals surface area (Å²) in [5.41, 5.74) is 1.08. The molecule has 7 nitrogen and oxygen atoms in total. The van der Waals surface area contributed by atoms with Crippen LogP contribution >= 0.6 is 0 Å². The Morgan fingerprint density at radius 2 is 1.81 bits per heavy atom. The second kappa shape index (κ2) is 7.45. The fourth-order valence-corrected chi connectivity index (χ4v) is 3.26. The summed E-state index contributed by atoms with van der Waals surface area (Å²) in [7, 11) is 3.71. The van der Waals surface area contributed by atoms with Crippen molar-refractivity contribution in [3.8, 4) is 5.75 Å². The smallest absolute Gasteiger partial charge is 0.267 e. The minimum Gasteiger partial charge on any atom is -0.479 e. The zero-order valence-electron chi connectivity index (χ0n) is 15.5. The van der Waals surface area contributed by atoms with Gasteiger partial charge in [-0.1, -0.05) is 0 Å². The molecule has 7 heteroatoms. The van der Waals surface area contributed by atoms with Crippen molar-refractivity contribution in [3.63, 3.8) is 0 Å². The average Bonchev–Trinajstić information content (AvgIpc) is 2.64. The van der Waals surface area contributed by atoms with Gasteiger partial charge in [0.05, 0.1) is 5.69 Å². The molecule has 0 aliphatic carbocycles. The van der Waals surface area contributed by atoms with Crippen molar-refractivity contribution in [2.75, 3.05) is 45.2 Å². The first-order valence-corrected chi connectivity index (χ1v) is 8.94. The molecule has 1 fully saturated rings. The van der Waals surface area contributed by atoms with Gasteiger partial charge in [0.15, 0.2) is 11.9 Å². The molecule has 1 aromatic carbocycles. The third-order valence-corrected chi connectivity index (χ3v) is 5.05. The molecule has 1 unspecified atom stereocenters. The van der Waals surface area contributed by atoms with E-state index in [1.54, 1.807) is 32.2 Å². The van der Waals surface area contributed by atoms with E-state index in [0.29, 0.717) is 30.1 Å². The van der Waals surface area contributed by atoms with Crippen molar-refractivity contribution in [2.45, 2.75) is 25.9 Å². The van der Waals surface area contributed by atoms with Gasteiger partial charge in [0.2, 0.25) is 5.91 Å². The summed E-state index contributed by atoms with van der Waals surface area (Å²) < 4.78 is 5.57. The van der Waals surface area contributed by atoms with Gasteiger partial charge in [-0.3, -0.25) is 14.4 Å². The van der Waals surface area contributed by atoms with Crippen LogP contribution < -0.4 is 9.64 Å². The number of ketones is 1.